The molecule has 1 aliphatic heterocycles. The number of nitrogens with zero attached hydrogens (tertiary/aromatic N) is 4. The summed E-state index contributed by atoms with van der Waals surface area (Å²) in [5.74, 6) is -0.165. The third-order valence-corrected chi connectivity index (χ3v) is 7.78. The lowest BCUT2D eigenvalue weighted by atomic mass is 10.00. The van der Waals surface area contributed by atoms with Crippen molar-refractivity contribution in [1.82, 2.24) is 14.4 Å². The molecule has 1 amide bonds. The summed E-state index contributed by atoms with van der Waals surface area (Å²) in [6.45, 7) is 8.62. The first-order chi connectivity index (χ1) is 14.8. The predicted octanol–water partition coefficient (Wildman–Crippen LogP) is 3.46. The molecule has 8 nitrogen and oxygen atoms in total. The molecule has 0 atom stereocenters. The van der Waals surface area contributed by atoms with E-state index in [-0.39, 0.29) is 10.8 Å². The van der Waals surface area contributed by atoms with Gasteiger partial charge in [0.2, 0.25) is 10.0 Å². The molecule has 0 unspecified atom stereocenters. The molecule has 0 saturated heterocycles. The summed E-state index contributed by atoms with van der Waals surface area (Å²) in [6, 6.07) is 6.80. The van der Waals surface area contributed by atoms with Gasteiger partial charge in [-0.25, -0.2) is 13.4 Å². The lowest BCUT2D eigenvalue weighted by Crippen LogP contribution is -2.36. The minimum absolute atomic E-state index is 0.165. The van der Waals surface area contributed by atoms with Crippen molar-refractivity contribution in [3.8, 4) is 0 Å². The summed E-state index contributed by atoms with van der Waals surface area (Å²) < 4.78 is 32.6. The van der Waals surface area contributed by atoms with Crippen molar-refractivity contribution in [2.24, 2.45) is 0 Å². The molecule has 164 valence electrons. The Labute approximate surface area is 181 Å². The van der Waals surface area contributed by atoms with Gasteiger partial charge in [0.25, 0.3) is 11.6 Å². The number of aromatic nitrogens is 2. The number of rotatable bonds is 5. The number of carbonyl (C=O) groups excluding carboxylic acids is 1. The first-order valence-electron chi connectivity index (χ1n) is 10.5. The Kier molecular flexibility index (Phi) is 5.57. The largest absolute Gasteiger partial charge is 0.336 e. The maximum absolute atomic E-state index is 13.6. The zero-order valence-corrected chi connectivity index (χ0v) is 19.0. The first kappa shape index (κ1) is 21.5. The van der Waals surface area contributed by atoms with Crippen LogP contribution in [-0.2, 0) is 16.4 Å². The lowest BCUT2D eigenvalue weighted by Gasteiger charge is -2.30. The average molecular weight is 443 g/mol. The summed E-state index contributed by atoms with van der Waals surface area (Å²) in [4.78, 5) is 19.9. The Morgan fingerprint density at radius 2 is 1.94 bits per heavy atom. The summed E-state index contributed by atoms with van der Waals surface area (Å²) in [6.07, 6.45) is 1.47. The van der Waals surface area contributed by atoms with Crippen LogP contribution in [0, 0.1) is 13.8 Å². The highest BCUT2D eigenvalue weighted by Crippen LogP contribution is 2.33. The van der Waals surface area contributed by atoms with E-state index in [0.717, 1.165) is 24.1 Å². The second-order valence-electron chi connectivity index (χ2n) is 7.70. The monoisotopic (exact) mass is 442 g/mol. The topological polar surface area (TPSA) is 96.6 Å². The SMILES string of the molecule is CCN(CC)S(=O)(=O)c1ccc2c(c1)CCCN2C(=O)c1cc(C)nc2onc(C)c12. The summed E-state index contributed by atoms with van der Waals surface area (Å²) in [7, 11) is -3.56. The minimum Gasteiger partial charge on any atom is -0.336 e. The van der Waals surface area contributed by atoms with E-state index in [2.05, 4.69) is 10.1 Å². The fourth-order valence-corrected chi connectivity index (χ4v) is 5.70. The third-order valence-electron chi connectivity index (χ3n) is 5.73. The number of anilines is 1. The van der Waals surface area contributed by atoms with Crippen LogP contribution in [0.15, 0.2) is 33.7 Å². The van der Waals surface area contributed by atoms with Gasteiger partial charge in [-0.2, -0.15) is 4.31 Å². The molecular formula is C22H26N4O4S. The molecule has 4 rings (SSSR count). The van der Waals surface area contributed by atoms with E-state index in [1.807, 2.05) is 20.8 Å². The van der Waals surface area contributed by atoms with Crippen LogP contribution in [0.2, 0.25) is 0 Å². The van der Waals surface area contributed by atoms with Crippen molar-refractivity contribution in [2.75, 3.05) is 24.5 Å². The lowest BCUT2D eigenvalue weighted by molar-refractivity contribution is 0.0986. The van der Waals surface area contributed by atoms with Crippen molar-refractivity contribution >= 4 is 32.7 Å². The Morgan fingerprint density at radius 1 is 1.19 bits per heavy atom. The van der Waals surface area contributed by atoms with E-state index in [0.29, 0.717) is 47.7 Å². The van der Waals surface area contributed by atoms with Crippen LogP contribution in [0.4, 0.5) is 5.69 Å². The zero-order valence-electron chi connectivity index (χ0n) is 18.2. The minimum atomic E-state index is -3.56. The molecule has 0 spiro atoms. The zero-order chi connectivity index (χ0) is 22.3. The van der Waals surface area contributed by atoms with Crippen LogP contribution >= 0.6 is 0 Å². The number of hydrogen-bond acceptors (Lipinski definition) is 6. The van der Waals surface area contributed by atoms with E-state index in [1.54, 1.807) is 36.1 Å². The van der Waals surface area contributed by atoms with Gasteiger partial charge < -0.3 is 9.42 Å². The predicted molar refractivity (Wildman–Crippen MR) is 118 cm³/mol. The van der Waals surface area contributed by atoms with Gasteiger partial charge >= 0.3 is 0 Å². The van der Waals surface area contributed by atoms with E-state index >= 15 is 0 Å². The molecule has 0 N–H and O–H groups in total. The number of carbonyl (C=O) groups is 1. The second kappa shape index (κ2) is 8.05. The standard InChI is InChI=1S/C22H26N4O4S/c1-5-25(6-2)31(28,29)17-9-10-19-16(13-17)8-7-11-26(19)22(27)18-12-14(3)23-21-20(18)15(4)24-30-21/h9-10,12-13H,5-8,11H2,1-4H3. The van der Waals surface area contributed by atoms with Gasteiger partial charge in [-0.15, -0.1) is 0 Å². The van der Waals surface area contributed by atoms with Crippen LogP contribution in [0.25, 0.3) is 11.1 Å². The molecule has 31 heavy (non-hydrogen) atoms. The van der Waals surface area contributed by atoms with Gasteiger partial charge in [-0.1, -0.05) is 19.0 Å². The van der Waals surface area contributed by atoms with Crippen LogP contribution in [-0.4, -0.2) is 48.4 Å². The molecule has 0 bridgehead atoms. The highest BCUT2D eigenvalue weighted by molar-refractivity contribution is 7.89. The Balaban J connectivity index is 1.76. The molecule has 2 aromatic heterocycles. The number of fused-ring (bicyclic) bond motifs is 2. The van der Waals surface area contributed by atoms with Gasteiger partial charge in [0.15, 0.2) is 0 Å². The molecule has 1 aliphatic rings. The number of benzene rings is 1. The van der Waals surface area contributed by atoms with Crippen molar-refractivity contribution in [3.63, 3.8) is 0 Å². The van der Waals surface area contributed by atoms with E-state index in [1.165, 1.54) is 4.31 Å². The molecule has 3 aromatic rings. The molecular weight excluding hydrogens is 416 g/mol. The molecule has 0 aliphatic carbocycles. The molecule has 0 saturated carbocycles. The smallest absolute Gasteiger partial charge is 0.259 e. The molecule has 9 heteroatoms. The average Bonchev–Trinajstić information content (AvgIpc) is 3.12. The molecule has 0 radical (unpaired) electrons. The van der Waals surface area contributed by atoms with Gasteiger partial charge in [0.05, 0.1) is 21.5 Å². The molecule has 3 heterocycles. The van der Waals surface area contributed by atoms with Crippen LogP contribution < -0.4 is 4.90 Å². The van der Waals surface area contributed by atoms with Crippen LogP contribution in [0.1, 0.15) is 47.6 Å². The van der Waals surface area contributed by atoms with Gasteiger partial charge in [0.1, 0.15) is 0 Å². The third kappa shape index (κ3) is 3.61. The first-order valence-corrected chi connectivity index (χ1v) is 11.9. The summed E-state index contributed by atoms with van der Waals surface area (Å²) in [5, 5.41) is 4.58. The van der Waals surface area contributed by atoms with Gasteiger partial charge in [0, 0.05) is 31.0 Å². The maximum Gasteiger partial charge on any atom is 0.259 e. The number of pyridine rings is 1. The fourth-order valence-electron chi connectivity index (χ4n) is 4.19. The van der Waals surface area contributed by atoms with Gasteiger partial charge in [-0.05, 0) is 56.5 Å². The van der Waals surface area contributed by atoms with E-state index in [9.17, 15) is 13.2 Å². The normalized spacial score (nSPS) is 14.3. The number of aryl methyl sites for hydroxylation is 3. The maximum atomic E-state index is 13.6. The number of amides is 1. The van der Waals surface area contributed by atoms with Crippen LogP contribution in [0.3, 0.4) is 0 Å². The van der Waals surface area contributed by atoms with E-state index in [4.69, 9.17) is 4.52 Å². The van der Waals surface area contributed by atoms with E-state index < -0.39 is 10.0 Å². The molecule has 0 fully saturated rings. The highest BCUT2D eigenvalue weighted by atomic mass is 32.2. The fraction of sp³-hybridized carbons (Fsp3) is 0.409. The Morgan fingerprint density at radius 3 is 2.65 bits per heavy atom. The van der Waals surface area contributed by atoms with Crippen molar-refractivity contribution in [2.45, 2.75) is 45.4 Å². The van der Waals surface area contributed by atoms with Crippen molar-refractivity contribution < 1.29 is 17.7 Å². The quantitative estimate of drug-likeness (QED) is 0.600. The summed E-state index contributed by atoms with van der Waals surface area (Å²) in [5.41, 5.74) is 3.73. The summed E-state index contributed by atoms with van der Waals surface area (Å²) >= 11 is 0. The Hall–Kier alpha value is -2.78. The second-order valence-corrected chi connectivity index (χ2v) is 9.64. The highest BCUT2D eigenvalue weighted by Gasteiger charge is 2.29. The van der Waals surface area contributed by atoms with Gasteiger partial charge in [-0.3, -0.25) is 4.79 Å². The molecule has 1 aromatic carbocycles. The number of sulfonamides is 1. The van der Waals surface area contributed by atoms with Crippen LogP contribution in [0.5, 0.6) is 0 Å². The number of hydrogen-bond donors (Lipinski definition) is 0. The van der Waals surface area contributed by atoms with Crippen molar-refractivity contribution in [3.05, 3.63) is 46.8 Å². The van der Waals surface area contributed by atoms with Crippen molar-refractivity contribution in [1.29, 1.82) is 0 Å². The Bertz CT molecular complexity index is 1260.